The van der Waals surface area contributed by atoms with Gasteiger partial charge in [-0.15, -0.1) is 0 Å². The molecule has 1 rings (SSSR count). The average Bonchev–Trinajstić information content (AvgIpc) is 2.26. The molecule has 4 nitrogen and oxygen atoms in total. The lowest BCUT2D eigenvalue weighted by Gasteiger charge is -2.40. The standard InChI is InChI=1S/C14H20O4/c1-7(2)9-5-6-10(13(15)16)12(14(17)18)11(9)8(3)4/h9-12H,1,3,5-6H2,2,4H3,(H,15,16)(H,17,18). The summed E-state index contributed by atoms with van der Waals surface area (Å²) in [5.74, 6) is -4.15. The van der Waals surface area contributed by atoms with Crippen LogP contribution in [0.3, 0.4) is 0 Å². The number of carboxylic acid groups (broad SMARTS) is 2. The maximum Gasteiger partial charge on any atom is 0.308 e. The van der Waals surface area contributed by atoms with Gasteiger partial charge in [-0.25, -0.2) is 0 Å². The molecule has 1 fully saturated rings. The summed E-state index contributed by atoms with van der Waals surface area (Å²) in [7, 11) is 0. The van der Waals surface area contributed by atoms with E-state index < -0.39 is 23.8 Å². The van der Waals surface area contributed by atoms with E-state index in [0.29, 0.717) is 12.8 Å². The number of allylic oxidation sites excluding steroid dienone is 2. The molecule has 0 aliphatic heterocycles. The number of aliphatic carboxylic acids is 2. The monoisotopic (exact) mass is 252 g/mol. The molecule has 0 aromatic rings. The Hall–Kier alpha value is -1.58. The molecule has 4 atom stereocenters. The maximum atomic E-state index is 11.4. The molecule has 0 amide bonds. The minimum atomic E-state index is -1.05. The minimum absolute atomic E-state index is 0.0131. The van der Waals surface area contributed by atoms with Gasteiger partial charge < -0.3 is 10.2 Å². The Morgan fingerprint density at radius 3 is 1.72 bits per heavy atom. The van der Waals surface area contributed by atoms with E-state index in [1.165, 1.54) is 0 Å². The summed E-state index contributed by atoms with van der Waals surface area (Å²) in [6.45, 7) is 11.4. The molecule has 4 unspecified atom stereocenters. The second-order valence-corrected chi connectivity index (χ2v) is 5.21. The predicted octanol–water partition coefficient (Wildman–Crippen LogP) is 2.57. The normalized spacial score (nSPS) is 31.7. The molecule has 0 aromatic carbocycles. The molecule has 1 aliphatic carbocycles. The first-order valence-electron chi connectivity index (χ1n) is 6.03. The van der Waals surface area contributed by atoms with Crippen LogP contribution in [0.2, 0.25) is 0 Å². The fourth-order valence-electron chi connectivity index (χ4n) is 3.02. The van der Waals surface area contributed by atoms with E-state index in [2.05, 4.69) is 13.2 Å². The summed E-state index contributed by atoms with van der Waals surface area (Å²) in [6, 6.07) is 0. The van der Waals surface area contributed by atoms with Gasteiger partial charge in [-0.1, -0.05) is 24.3 Å². The summed E-state index contributed by atoms with van der Waals surface area (Å²) in [5, 5.41) is 18.5. The van der Waals surface area contributed by atoms with Gasteiger partial charge in [0.1, 0.15) is 0 Å². The topological polar surface area (TPSA) is 74.6 Å². The second kappa shape index (κ2) is 5.38. The summed E-state index contributed by atoms with van der Waals surface area (Å²) in [6.07, 6.45) is 1.04. The summed E-state index contributed by atoms with van der Waals surface area (Å²) in [4.78, 5) is 22.6. The minimum Gasteiger partial charge on any atom is -0.481 e. The van der Waals surface area contributed by atoms with Crippen molar-refractivity contribution in [2.45, 2.75) is 26.7 Å². The molecule has 0 saturated heterocycles. The van der Waals surface area contributed by atoms with E-state index in [0.717, 1.165) is 11.1 Å². The predicted molar refractivity (Wildman–Crippen MR) is 68.1 cm³/mol. The quantitative estimate of drug-likeness (QED) is 0.754. The Morgan fingerprint density at radius 2 is 1.39 bits per heavy atom. The molecule has 18 heavy (non-hydrogen) atoms. The van der Waals surface area contributed by atoms with E-state index in [1.54, 1.807) is 6.92 Å². The molecule has 1 saturated carbocycles. The molecule has 4 heteroatoms. The molecule has 0 heterocycles. The van der Waals surface area contributed by atoms with Gasteiger partial charge in [0.2, 0.25) is 0 Å². The first kappa shape index (κ1) is 14.5. The Labute approximate surface area is 107 Å². The van der Waals surface area contributed by atoms with Crippen LogP contribution >= 0.6 is 0 Å². The van der Waals surface area contributed by atoms with Crippen molar-refractivity contribution in [3.63, 3.8) is 0 Å². The van der Waals surface area contributed by atoms with Crippen molar-refractivity contribution in [2.75, 3.05) is 0 Å². The van der Waals surface area contributed by atoms with Crippen molar-refractivity contribution in [3.8, 4) is 0 Å². The van der Waals surface area contributed by atoms with Gasteiger partial charge in [-0.05, 0) is 38.5 Å². The fourth-order valence-corrected chi connectivity index (χ4v) is 3.02. The van der Waals surface area contributed by atoms with Crippen LogP contribution in [0.5, 0.6) is 0 Å². The molecular formula is C14H20O4. The first-order valence-corrected chi connectivity index (χ1v) is 6.03. The molecule has 2 N–H and O–H groups in total. The van der Waals surface area contributed by atoms with Crippen LogP contribution in [0, 0.1) is 23.7 Å². The molecule has 0 radical (unpaired) electrons. The average molecular weight is 252 g/mol. The first-order chi connectivity index (χ1) is 8.27. The Balaban J connectivity index is 3.18. The smallest absolute Gasteiger partial charge is 0.308 e. The zero-order chi connectivity index (χ0) is 14.0. The zero-order valence-electron chi connectivity index (χ0n) is 10.8. The van der Waals surface area contributed by atoms with Crippen LogP contribution in [-0.4, -0.2) is 22.2 Å². The summed E-state index contributed by atoms with van der Waals surface area (Å²) < 4.78 is 0. The third-order valence-corrected chi connectivity index (χ3v) is 3.85. The number of hydrogen-bond acceptors (Lipinski definition) is 2. The van der Waals surface area contributed by atoms with Gasteiger partial charge in [-0.3, -0.25) is 9.59 Å². The van der Waals surface area contributed by atoms with Crippen LogP contribution in [0.25, 0.3) is 0 Å². The van der Waals surface area contributed by atoms with Gasteiger partial charge in [-0.2, -0.15) is 0 Å². The van der Waals surface area contributed by atoms with Gasteiger partial charge in [0, 0.05) is 0 Å². The van der Waals surface area contributed by atoms with E-state index in [4.69, 9.17) is 5.11 Å². The highest BCUT2D eigenvalue weighted by Gasteiger charge is 2.46. The van der Waals surface area contributed by atoms with E-state index in [9.17, 15) is 14.7 Å². The molecular weight excluding hydrogens is 232 g/mol. The molecule has 0 bridgehead atoms. The molecule has 0 spiro atoms. The lowest BCUT2D eigenvalue weighted by Crippen LogP contribution is -2.43. The summed E-state index contributed by atoms with van der Waals surface area (Å²) in [5.41, 5.74) is 1.62. The fraction of sp³-hybridized carbons (Fsp3) is 0.571. The van der Waals surface area contributed by atoms with Crippen molar-refractivity contribution in [1.82, 2.24) is 0 Å². The molecule has 0 aromatic heterocycles. The van der Waals surface area contributed by atoms with Crippen molar-refractivity contribution in [2.24, 2.45) is 23.7 Å². The van der Waals surface area contributed by atoms with E-state index in [-0.39, 0.29) is 11.8 Å². The SMILES string of the molecule is C=C(C)C1CCC(C(=O)O)C(C(=O)O)C1C(=C)C. The lowest BCUT2D eigenvalue weighted by atomic mass is 9.62. The number of carbonyl (C=O) groups is 2. The lowest BCUT2D eigenvalue weighted by molar-refractivity contribution is -0.158. The second-order valence-electron chi connectivity index (χ2n) is 5.21. The highest BCUT2D eigenvalue weighted by atomic mass is 16.4. The van der Waals surface area contributed by atoms with Crippen LogP contribution in [0.15, 0.2) is 24.3 Å². The Kier molecular flexibility index (Phi) is 4.33. The van der Waals surface area contributed by atoms with E-state index in [1.807, 2.05) is 6.92 Å². The number of hydrogen-bond donors (Lipinski definition) is 2. The van der Waals surface area contributed by atoms with Crippen LogP contribution in [-0.2, 0) is 9.59 Å². The van der Waals surface area contributed by atoms with Gasteiger partial charge in [0.15, 0.2) is 0 Å². The molecule has 1 aliphatic rings. The van der Waals surface area contributed by atoms with Crippen molar-refractivity contribution in [3.05, 3.63) is 24.3 Å². The van der Waals surface area contributed by atoms with Crippen LogP contribution < -0.4 is 0 Å². The number of carboxylic acids is 2. The molecule has 100 valence electrons. The van der Waals surface area contributed by atoms with Crippen LogP contribution in [0.1, 0.15) is 26.7 Å². The largest absolute Gasteiger partial charge is 0.481 e. The third kappa shape index (κ3) is 2.63. The zero-order valence-corrected chi connectivity index (χ0v) is 10.8. The summed E-state index contributed by atoms with van der Waals surface area (Å²) >= 11 is 0. The van der Waals surface area contributed by atoms with Gasteiger partial charge >= 0.3 is 11.9 Å². The maximum absolute atomic E-state index is 11.4. The van der Waals surface area contributed by atoms with Gasteiger partial charge in [0.25, 0.3) is 0 Å². The third-order valence-electron chi connectivity index (χ3n) is 3.85. The highest BCUT2D eigenvalue weighted by molar-refractivity contribution is 5.81. The number of rotatable bonds is 4. The Bertz CT molecular complexity index is 359. The van der Waals surface area contributed by atoms with Crippen molar-refractivity contribution < 1.29 is 19.8 Å². The van der Waals surface area contributed by atoms with Crippen LogP contribution in [0.4, 0.5) is 0 Å². The highest BCUT2D eigenvalue weighted by Crippen LogP contribution is 2.45. The van der Waals surface area contributed by atoms with Crippen molar-refractivity contribution in [1.29, 1.82) is 0 Å². The van der Waals surface area contributed by atoms with Gasteiger partial charge in [0.05, 0.1) is 11.8 Å². The van der Waals surface area contributed by atoms with E-state index >= 15 is 0 Å². The Morgan fingerprint density at radius 1 is 0.889 bits per heavy atom. The van der Waals surface area contributed by atoms with Crippen molar-refractivity contribution >= 4 is 11.9 Å².